The van der Waals surface area contributed by atoms with Crippen molar-refractivity contribution >= 4 is 12.4 Å². The Labute approximate surface area is 169 Å². The van der Waals surface area contributed by atoms with E-state index in [0.717, 1.165) is 11.8 Å². The Morgan fingerprint density at radius 3 is 2.45 bits per heavy atom. The standard InChI is InChI=1S/C24H20N2O3/c27-15-18-13-17(14-26-18)7-5-6-12-25-24(28)29-16-23-21-10-3-1-8-19(21)20-9-2-4-11-22(20)23/h1-4,8-11,13-15,23,26H,6,12,16H2,(H,25,28). The molecule has 5 nitrogen and oxygen atoms in total. The zero-order valence-electron chi connectivity index (χ0n) is 15.8. The van der Waals surface area contributed by atoms with Gasteiger partial charge in [0.1, 0.15) is 6.61 Å². The summed E-state index contributed by atoms with van der Waals surface area (Å²) in [6.45, 7) is 0.692. The van der Waals surface area contributed by atoms with Crippen LogP contribution in [-0.2, 0) is 4.74 Å². The van der Waals surface area contributed by atoms with E-state index in [4.69, 9.17) is 4.74 Å². The van der Waals surface area contributed by atoms with Gasteiger partial charge in [-0.15, -0.1) is 0 Å². The van der Waals surface area contributed by atoms with E-state index in [9.17, 15) is 9.59 Å². The van der Waals surface area contributed by atoms with Crippen molar-refractivity contribution in [1.82, 2.24) is 10.3 Å². The number of rotatable bonds is 5. The van der Waals surface area contributed by atoms with Gasteiger partial charge in [-0.05, 0) is 28.3 Å². The van der Waals surface area contributed by atoms with Gasteiger partial charge < -0.3 is 15.0 Å². The van der Waals surface area contributed by atoms with Gasteiger partial charge in [-0.1, -0.05) is 60.4 Å². The van der Waals surface area contributed by atoms with Crippen LogP contribution in [0.5, 0.6) is 0 Å². The molecule has 1 aromatic heterocycles. The highest BCUT2D eigenvalue weighted by Crippen LogP contribution is 2.44. The van der Waals surface area contributed by atoms with E-state index in [2.05, 4.69) is 46.4 Å². The molecule has 2 aromatic carbocycles. The summed E-state index contributed by atoms with van der Waals surface area (Å²) < 4.78 is 5.48. The van der Waals surface area contributed by atoms with E-state index in [-0.39, 0.29) is 5.92 Å². The maximum absolute atomic E-state index is 12.1. The van der Waals surface area contributed by atoms with Crippen molar-refractivity contribution in [3.05, 3.63) is 83.2 Å². The Hall–Kier alpha value is -3.78. The second kappa shape index (κ2) is 8.49. The van der Waals surface area contributed by atoms with Gasteiger partial charge >= 0.3 is 6.09 Å². The fraction of sp³-hybridized carbons (Fsp3) is 0.167. The van der Waals surface area contributed by atoms with Gasteiger partial charge in [0.05, 0.1) is 5.69 Å². The first-order valence-corrected chi connectivity index (χ1v) is 9.47. The third-order valence-corrected chi connectivity index (χ3v) is 4.93. The summed E-state index contributed by atoms with van der Waals surface area (Å²) in [5.74, 6) is 5.95. The number of amides is 1. The molecule has 1 aliphatic rings. The van der Waals surface area contributed by atoms with E-state index in [1.165, 1.54) is 22.3 Å². The van der Waals surface area contributed by atoms with Crippen molar-refractivity contribution in [3.8, 4) is 23.0 Å². The van der Waals surface area contributed by atoms with Gasteiger partial charge in [0.25, 0.3) is 0 Å². The maximum Gasteiger partial charge on any atom is 0.407 e. The molecule has 144 valence electrons. The maximum atomic E-state index is 12.1. The number of nitrogens with one attached hydrogen (secondary N) is 2. The third kappa shape index (κ3) is 4.07. The molecule has 0 spiro atoms. The van der Waals surface area contributed by atoms with Gasteiger partial charge in [0, 0.05) is 30.6 Å². The lowest BCUT2D eigenvalue weighted by Crippen LogP contribution is -2.26. The smallest absolute Gasteiger partial charge is 0.407 e. The monoisotopic (exact) mass is 384 g/mol. The van der Waals surface area contributed by atoms with Crippen LogP contribution in [0.15, 0.2) is 60.8 Å². The van der Waals surface area contributed by atoms with Gasteiger partial charge in [-0.3, -0.25) is 4.79 Å². The Kier molecular flexibility index (Phi) is 5.44. The normalized spacial score (nSPS) is 11.7. The summed E-state index contributed by atoms with van der Waals surface area (Å²) in [6, 6.07) is 18.2. The average molecular weight is 384 g/mol. The summed E-state index contributed by atoms with van der Waals surface area (Å²) in [5, 5.41) is 2.73. The van der Waals surface area contributed by atoms with E-state index >= 15 is 0 Å². The molecule has 1 amide bonds. The molecule has 5 heteroatoms. The first-order valence-electron chi connectivity index (χ1n) is 9.47. The summed E-state index contributed by atoms with van der Waals surface area (Å²) >= 11 is 0. The number of H-pyrrole nitrogens is 1. The number of hydrogen-bond donors (Lipinski definition) is 2. The highest BCUT2D eigenvalue weighted by molar-refractivity contribution is 5.79. The first-order chi connectivity index (χ1) is 14.3. The molecule has 3 aromatic rings. The van der Waals surface area contributed by atoms with Gasteiger partial charge in [0.2, 0.25) is 0 Å². The minimum atomic E-state index is -0.446. The van der Waals surface area contributed by atoms with Crippen LogP contribution >= 0.6 is 0 Å². The largest absolute Gasteiger partial charge is 0.449 e. The summed E-state index contributed by atoms with van der Waals surface area (Å²) in [7, 11) is 0. The first kappa shape index (κ1) is 18.6. The van der Waals surface area contributed by atoms with E-state index < -0.39 is 6.09 Å². The van der Waals surface area contributed by atoms with E-state index in [1.54, 1.807) is 12.3 Å². The van der Waals surface area contributed by atoms with Crippen molar-refractivity contribution in [2.75, 3.05) is 13.2 Å². The zero-order valence-corrected chi connectivity index (χ0v) is 15.8. The molecule has 0 saturated carbocycles. The minimum Gasteiger partial charge on any atom is -0.449 e. The Morgan fingerprint density at radius 1 is 1.10 bits per heavy atom. The van der Waals surface area contributed by atoms with E-state index in [1.807, 2.05) is 24.3 Å². The molecular weight excluding hydrogens is 364 g/mol. The zero-order chi connectivity index (χ0) is 20.1. The van der Waals surface area contributed by atoms with Crippen molar-refractivity contribution < 1.29 is 14.3 Å². The van der Waals surface area contributed by atoms with Crippen molar-refractivity contribution in [2.24, 2.45) is 0 Å². The number of aromatic amines is 1. The molecule has 1 heterocycles. The predicted molar refractivity (Wildman–Crippen MR) is 111 cm³/mol. The molecular formula is C24H20N2O3. The van der Waals surface area contributed by atoms with Crippen LogP contribution in [0.1, 0.15) is 39.5 Å². The molecule has 0 fully saturated rings. The highest BCUT2D eigenvalue weighted by atomic mass is 16.5. The van der Waals surface area contributed by atoms with Gasteiger partial charge in [-0.2, -0.15) is 0 Å². The molecule has 0 radical (unpaired) electrons. The Morgan fingerprint density at radius 2 is 1.79 bits per heavy atom. The quantitative estimate of drug-likeness (QED) is 0.395. The lowest BCUT2D eigenvalue weighted by molar-refractivity contribution is 0.111. The summed E-state index contributed by atoms with van der Waals surface area (Å²) in [6.07, 6.45) is 2.46. The molecule has 0 unspecified atom stereocenters. The van der Waals surface area contributed by atoms with Crippen LogP contribution in [0.2, 0.25) is 0 Å². The highest BCUT2D eigenvalue weighted by Gasteiger charge is 2.28. The third-order valence-electron chi connectivity index (χ3n) is 4.93. The number of aromatic nitrogens is 1. The van der Waals surface area contributed by atoms with Crippen LogP contribution < -0.4 is 5.32 Å². The molecule has 0 atom stereocenters. The molecule has 0 bridgehead atoms. The number of carbonyl (C=O) groups is 2. The number of benzene rings is 2. The number of aldehydes is 1. The topological polar surface area (TPSA) is 71.2 Å². The van der Waals surface area contributed by atoms with Crippen molar-refractivity contribution in [2.45, 2.75) is 12.3 Å². The molecule has 0 aliphatic heterocycles. The Balaban J connectivity index is 1.29. The number of carbonyl (C=O) groups excluding carboxylic acids is 2. The van der Waals surface area contributed by atoms with Crippen LogP contribution in [0.25, 0.3) is 11.1 Å². The number of fused-ring (bicyclic) bond motifs is 3. The van der Waals surface area contributed by atoms with Crippen molar-refractivity contribution in [3.63, 3.8) is 0 Å². The van der Waals surface area contributed by atoms with E-state index in [0.29, 0.717) is 25.3 Å². The van der Waals surface area contributed by atoms with Crippen LogP contribution in [0, 0.1) is 11.8 Å². The van der Waals surface area contributed by atoms with Crippen LogP contribution in [0.3, 0.4) is 0 Å². The predicted octanol–water partition coefficient (Wildman–Crippen LogP) is 4.11. The van der Waals surface area contributed by atoms with Gasteiger partial charge in [0.15, 0.2) is 6.29 Å². The molecule has 0 saturated heterocycles. The van der Waals surface area contributed by atoms with Crippen LogP contribution in [-0.4, -0.2) is 30.5 Å². The molecule has 4 rings (SSSR count). The lowest BCUT2D eigenvalue weighted by Gasteiger charge is -2.14. The second-order valence-electron chi connectivity index (χ2n) is 6.77. The summed E-state index contributed by atoms with van der Waals surface area (Å²) in [5.41, 5.74) is 6.02. The fourth-order valence-corrected chi connectivity index (χ4v) is 3.59. The molecule has 1 aliphatic carbocycles. The number of alkyl carbamates (subject to hydrolysis) is 1. The molecule has 29 heavy (non-hydrogen) atoms. The molecule has 2 N–H and O–H groups in total. The minimum absolute atomic E-state index is 0.0496. The SMILES string of the molecule is O=Cc1cc(C#CCCNC(=O)OCC2c3ccccc3-c3ccccc32)c[nH]1. The Bertz CT molecular complexity index is 1060. The summed E-state index contributed by atoms with van der Waals surface area (Å²) in [4.78, 5) is 25.5. The second-order valence-corrected chi connectivity index (χ2v) is 6.77. The van der Waals surface area contributed by atoms with Crippen LogP contribution in [0.4, 0.5) is 4.79 Å². The lowest BCUT2D eigenvalue weighted by atomic mass is 9.98. The number of ether oxygens (including phenoxy) is 1. The van der Waals surface area contributed by atoms with Gasteiger partial charge in [-0.25, -0.2) is 4.79 Å². The average Bonchev–Trinajstić information content (AvgIpc) is 3.34. The number of hydrogen-bond acceptors (Lipinski definition) is 3. The fourth-order valence-electron chi connectivity index (χ4n) is 3.59. The van der Waals surface area contributed by atoms with Crippen molar-refractivity contribution in [1.29, 1.82) is 0 Å².